The van der Waals surface area contributed by atoms with Crippen LogP contribution in [0.15, 0.2) is 0 Å². The van der Waals surface area contributed by atoms with E-state index < -0.39 is 0 Å². The maximum atomic E-state index is 4.48. The fourth-order valence-electron chi connectivity index (χ4n) is 2.20. The minimum Gasteiger partial charge on any atom is -0.308 e. The lowest BCUT2D eigenvalue weighted by Crippen LogP contribution is -2.31. The zero-order valence-electron chi connectivity index (χ0n) is 11.3. The van der Waals surface area contributed by atoms with Crippen molar-refractivity contribution >= 4 is 11.3 Å². The number of aryl methyl sites for hydroxylation is 2. The van der Waals surface area contributed by atoms with Gasteiger partial charge in [0, 0.05) is 30.1 Å². The second kappa shape index (κ2) is 5.46. The van der Waals surface area contributed by atoms with Crippen molar-refractivity contribution in [3.8, 4) is 0 Å². The fraction of sp³-hybridized carbons (Fsp3) is 0.769. The van der Waals surface area contributed by atoms with Gasteiger partial charge in [-0.05, 0) is 40.7 Å². The Morgan fingerprint density at radius 3 is 2.71 bits per heavy atom. The number of aromatic nitrogens is 1. The molecule has 1 fully saturated rings. The third kappa shape index (κ3) is 3.50. The SMILES string of the molecule is Cc1nc(C)c(C(C)NCCN(C)C2CC2)s1. The first-order valence-corrected chi connectivity index (χ1v) is 7.27. The minimum atomic E-state index is 0.425. The quantitative estimate of drug-likeness (QED) is 0.844. The average molecular weight is 253 g/mol. The molecule has 1 aliphatic rings. The highest BCUT2D eigenvalue weighted by Crippen LogP contribution is 2.25. The Hall–Kier alpha value is -0.450. The van der Waals surface area contributed by atoms with Crippen LogP contribution in [0.25, 0.3) is 0 Å². The number of hydrogen-bond donors (Lipinski definition) is 1. The van der Waals surface area contributed by atoms with E-state index in [-0.39, 0.29) is 0 Å². The molecule has 1 aromatic heterocycles. The third-order valence-corrected chi connectivity index (χ3v) is 4.67. The molecule has 17 heavy (non-hydrogen) atoms. The van der Waals surface area contributed by atoms with E-state index in [0.29, 0.717) is 6.04 Å². The van der Waals surface area contributed by atoms with Crippen LogP contribution in [0.4, 0.5) is 0 Å². The lowest BCUT2D eigenvalue weighted by Gasteiger charge is -2.18. The van der Waals surface area contributed by atoms with Crippen molar-refractivity contribution in [2.45, 2.75) is 45.7 Å². The fourth-order valence-corrected chi connectivity index (χ4v) is 3.15. The summed E-state index contributed by atoms with van der Waals surface area (Å²) in [5.41, 5.74) is 1.18. The van der Waals surface area contributed by atoms with E-state index in [1.54, 1.807) is 0 Å². The number of nitrogens with one attached hydrogen (secondary N) is 1. The van der Waals surface area contributed by atoms with Gasteiger partial charge >= 0.3 is 0 Å². The molecule has 1 aromatic rings. The van der Waals surface area contributed by atoms with E-state index in [1.807, 2.05) is 11.3 Å². The van der Waals surface area contributed by atoms with Gasteiger partial charge in [-0.3, -0.25) is 0 Å². The van der Waals surface area contributed by atoms with Gasteiger partial charge in [0.2, 0.25) is 0 Å². The summed E-state index contributed by atoms with van der Waals surface area (Å²) in [6, 6.07) is 1.29. The zero-order valence-corrected chi connectivity index (χ0v) is 12.1. The first kappa shape index (κ1) is 13.0. The van der Waals surface area contributed by atoms with Crippen molar-refractivity contribution in [3.05, 3.63) is 15.6 Å². The number of likely N-dealkylation sites (N-methyl/N-ethyl adjacent to an activating group) is 1. The molecule has 1 heterocycles. The Morgan fingerprint density at radius 2 is 2.18 bits per heavy atom. The van der Waals surface area contributed by atoms with Gasteiger partial charge in [-0.15, -0.1) is 11.3 Å². The summed E-state index contributed by atoms with van der Waals surface area (Å²) in [5.74, 6) is 0. The molecular weight excluding hydrogens is 230 g/mol. The lowest BCUT2D eigenvalue weighted by atomic mass is 10.2. The van der Waals surface area contributed by atoms with Crippen molar-refractivity contribution in [1.29, 1.82) is 0 Å². The van der Waals surface area contributed by atoms with Crippen LogP contribution in [0.1, 0.15) is 41.4 Å². The first-order valence-electron chi connectivity index (χ1n) is 6.45. The summed E-state index contributed by atoms with van der Waals surface area (Å²) in [6.45, 7) is 8.62. The molecule has 0 bridgehead atoms. The van der Waals surface area contributed by atoms with Crippen LogP contribution < -0.4 is 5.32 Å². The second-order valence-electron chi connectivity index (χ2n) is 5.07. The Kier molecular flexibility index (Phi) is 4.17. The van der Waals surface area contributed by atoms with E-state index in [2.05, 4.69) is 43.0 Å². The summed E-state index contributed by atoms with van der Waals surface area (Å²) in [6.07, 6.45) is 2.78. The molecule has 3 nitrogen and oxygen atoms in total. The van der Waals surface area contributed by atoms with Gasteiger partial charge in [0.15, 0.2) is 0 Å². The molecule has 0 saturated heterocycles. The van der Waals surface area contributed by atoms with E-state index in [9.17, 15) is 0 Å². The Labute approximate surface area is 108 Å². The molecule has 1 N–H and O–H groups in total. The van der Waals surface area contributed by atoms with Crippen molar-refractivity contribution in [1.82, 2.24) is 15.2 Å². The van der Waals surface area contributed by atoms with Gasteiger partial charge in [-0.2, -0.15) is 0 Å². The molecule has 1 atom stereocenters. The smallest absolute Gasteiger partial charge is 0.0900 e. The van der Waals surface area contributed by atoms with Gasteiger partial charge in [-0.1, -0.05) is 0 Å². The maximum absolute atomic E-state index is 4.48. The van der Waals surface area contributed by atoms with Gasteiger partial charge in [0.25, 0.3) is 0 Å². The van der Waals surface area contributed by atoms with Crippen LogP contribution in [0.3, 0.4) is 0 Å². The van der Waals surface area contributed by atoms with Crippen molar-refractivity contribution in [3.63, 3.8) is 0 Å². The Bertz CT molecular complexity index is 371. The van der Waals surface area contributed by atoms with Crippen molar-refractivity contribution in [2.24, 2.45) is 0 Å². The minimum absolute atomic E-state index is 0.425. The summed E-state index contributed by atoms with van der Waals surface area (Å²) >= 11 is 1.81. The largest absolute Gasteiger partial charge is 0.308 e. The summed E-state index contributed by atoms with van der Waals surface area (Å²) < 4.78 is 0. The van der Waals surface area contributed by atoms with E-state index in [4.69, 9.17) is 0 Å². The average Bonchev–Trinajstić information content (AvgIpc) is 3.04. The standard InChI is InChI=1S/C13H23N3S/c1-9(13-10(2)15-11(3)17-13)14-7-8-16(4)12-5-6-12/h9,12,14H,5-8H2,1-4H3. The monoisotopic (exact) mass is 253 g/mol. The molecule has 1 unspecified atom stereocenters. The van der Waals surface area contributed by atoms with Crippen LogP contribution in [0.5, 0.6) is 0 Å². The van der Waals surface area contributed by atoms with Gasteiger partial charge in [-0.25, -0.2) is 4.98 Å². The summed E-state index contributed by atoms with van der Waals surface area (Å²) in [7, 11) is 2.23. The molecule has 0 aromatic carbocycles. The number of hydrogen-bond acceptors (Lipinski definition) is 4. The predicted molar refractivity (Wildman–Crippen MR) is 73.7 cm³/mol. The lowest BCUT2D eigenvalue weighted by molar-refractivity contribution is 0.317. The molecule has 0 radical (unpaired) electrons. The Morgan fingerprint density at radius 1 is 1.47 bits per heavy atom. The molecule has 0 spiro atoms. The maximum Gasteiger partial charge on any atom is 0.0900 e. The molecule has 1 aliphatic carbocycles. The highest BCUT2D eigenvalue weighted by atomic mass is 32.1. The van der Waals surface area contributed by atoms with Crippen LogP contribution in [-0.2, 0) is 0 Å². The number of nitrogens with zero attached hydrogens (tertiary/aromatic N) is 2. The van der Waals surface area contributed by atoms with E-state index in [1.165, 1.54) is 28.4 Å². The number of thiazole rings is 1. The molecule has 0 aliphatic heterocycles. The van der Waals surface area contributed by atoms with Gasteiger partial charge < -0.3 is 10.2 Å². The van der Waals surface area contributed by atoms with Crippen molar-refractivity contribution < 1.29 is 0 Å². The first-order chi connectivity index (χ1) is 8.08. The molecule has 1 saturated carbocycles. The highest BCUT2D eigenvalue weighted by Gasteiger charge is 2.25. The second-order valence-corrected chi connectivity index (χ2v) is 6.30. The van der Waals surface area contributed by atoms with Crippen molar-refractivity contribution in [2.75, 3.05) is 20.1 Å². The molecular formula is C13H23N3S. The van der Waals surface area contributed by atoms with Crippen LogP contribution in [0.2, 0.25) is 0 Å². The van der Waals surface area contributed by atoms with Gasteiger partial charge in [0.1, 0.15) is 0 Å². The summed E-state index contributed by atoms with van der Waals surface area (Å²) in [5, 5.41) is 4.76. The van der Waals surface area contributed by atoms with Crippen LogP contribution >= 0.6 is 11.3 Å². The van der Waals surface area contributed by atoms with Crippen LogP contribution in [0, 0.1) is 13.8 Å². The molecule has 96 valence electrons. The molecule has 2 rings (SSSR count). The van der Waals surface area contributed by atoms with Gasteiger partial charge in [0.05, 0.1) is 10.7 Å². The highest BCUT2D eigenvalue weighted by molar-refractivity contribution is 7.11. The van der Waals surface area contributed by atoms with E-state index >= 15 is 0 Å². The van der Waals surface area contributed by atoms with E-state index in [0.717, 1.165) is 19.1 Å². The zero-order chi connectivity index (χ0) is 12.4. The van der Waals surface area contributed by atoms with Crippen LogP contribution in [-0.4, -0.2) is 36.1 Å². The Balaban J connectivity index is 1.76. The third-order valence-electron chi connectivity index (χ3n) is 3.42. The summed E-state index contributed by atoms with van der Waals surface area (Å²) in [4.78, 5) is 8.33. The number of rotatable bonds is 6. The molecule has 0 amide bonds. The predicted octanol–water partition coefficient (Wildman–Crippen LogP) is 2.50. The normalized spacial score (nSPS) is 17.7. The molecule has 4 heteroatoms. The topological polar surface area (TPSA) is 28.2 Å².